The highest BCUT2D eigenvalue weighted by atomic mass is 16.1. The molecule has 1 N–H and O–H groups in total. The Bertz CT molecular complexity index is 482. The van der Waals surface area contributed by atoms with E-state index in [-0.39, 0.29) is 5.91 Å². The van der Waals surface area contributed by atoms with Gasteiger partial charge >= 0.3 is 0 Å². The summed E-state index contributed by atoms with van der Waals surface area (Å²) in [7, 11) is 0. The lowest BCUT2D eigenvalue weighted by atomic mass is 10.0. The Balaban J connectivity index is 3.22. The minimum Gasteiger partial charge on any atom is -0.356 e. The number of allylic oxidation sites excluding steroid dienone is 4. The molecular weight excluding hydrogens is 438 g/mol. The van der Waals surface area contributed by atoms with Gasteiger partial charge in [0.25, 0.3) is 0 Å². The molecule has 0 aliphatic rings. The summed E-state index contributed by atoms with van der Waals surface area (Å²) in [6, 6.07) is 0. The van der Waals surface area contributed by atoms with Crippen LogP contribution in [0, 0.1) is 0 Å². The van der Waals surface area contributed by atoms with E-state index < -0.39 is 0 Å². The van der Waals surface area contributed by atoms with Crippen molar-refractivity contribution in [2.45, 2.75) is 181 Å². The van der Waals surface area contributed by atoms with Gasteiger partial charge in [-0.2, -0.15) is 0 Å². The number of carbonyl (C=O) groups excluding carboxylic acids is 1. The quantitative estimate of drug-likeness (QED) is 0.0797. The number of amides is 1. The van der Waals surface area contributed by atoms with Crippen LogP contribution in [0.3, 0.4) is 0 Å². The Morgan fingerprint density at radius 2 is 0.861 bits per heavy atom. The lowest BCUT2D eigenvalue weighted by molar-refractivity contribution is -0.121. The zero-order chi connectivity index (χ0) is 26.2. The number of nitrogens with one attached hydrogen (secondary N) is 1. The standard InChI is InChI=1S/C34H65NO/c1-3-5-7-9-11-13-15-17-19-20-22-24-26-28-30-32-34(36)35-33-31-29-27-25-23-21-18-16-14-12-10-8-6-4-2/h11,13,17,19H,3-10,12,14-16,18,20-33H2,1-2H3,(H,35,36)/b13-11-,19-17-. The van der Waals surface area contributed by atoms with Crippen molar-refractivity contribution in [1.82, 2.24) is 5.32 Å². The molecule has 212 valence electrons. The first kappa shape index (κ1) is 35.0. The van der Waals surface area contributed by atoms with Gasteiger partial charge in [-0.05, 0) is 44.9 Å². The third kappa shape index (κ3) is 31.0. The fourth-order valence-corrected chi connectivity index (χ4v) is 4.73. The van der Waals surface area contributed by atoms with Crippen LogP contribution in [0.2, 0.25) is 0 Å². The zero-order valence-electron chi connectivity index (χ0n) is 24.8. The van der Waals surface area contributed by atoms with Crippen LogP contribution in [0.5, 0.6) is 0 Å². The summed E-state index contributed by atoms with van der Waals surface area (Å²) in [6.45, 7) is 5.42. The molecule has 0 saturated heterocycles. The van der Waals surface area contributed by atoms with Gasteiger partial charge in [-0.1, -0.05) is 154 Å². The Morgan fingerprint density at radius 1 is 0.472 bits per heavy atom. The van der Waals surface area contributed by atoms with Gasteiger partial charge < -0.3 is 5.32 Å². The van der Waals surface area contributed by atoms with E-state index in [1.54, 1.807) is 0 Å². The van der Waals surface area contributed by atoms with Gasteiger partial charge in [0, 0.05) is 13.0 Å². The van der Waals surface area contributed by atoms with Crippen molar-refractivity contribution in [3.8, 4) is 0 Å². The van der Waals surface area contributed by atoms with E-state index in [2.05, 4.69) is 43.5 Å². The van der Waals surface area contributed by atoms with Crippen LogP contribution in [-0.2, 0) is 4.79 Å². The smallest absolute Gasteiger partial charge is 0.219 e. The highest BCUT2D eigenvalue weighted by Gasteiger charge is 2.00. The van der Waals surface area contributed by atoms with E-state index in [1.165, 1.54) is 141 Å². The second-order valence-electron chi connectivity index (χ2n) is 10.9. The van der Waals surface area contributed by atoms with Gasteiger partial charge in [0.05, 0.1) is 0 Å². The van der Waals surface area contributed by atoms with Crippen LogP contribution in [0.4, 0.5) is 0 Å². The molecule has 0 aromatic carbocycles. The second-order valence-corrected chi connectivity index (χ2v) is 10.9. The van der Waals surface area contributed by atoms with E-state index in [0.717, 1.165) is 25.8 Å². The van der Waals surface area contributed by atoms with Crippen LogP contribution in [0.25, 0.3) is 0 Å². The first-order chi connectivity index (χ1) is 17.8. The molecule has 0 aliphatic carbocycles. The fourth-order valence-electron chi connectivity index (χ4n) is 4.73. The highest BCUT2D eigenvalue weighted by Crippen LogP contribution is 2.13. The molecule has 0 rings (SSSR count). The summed E-state index contributed by atoms with van der Waals surface area (Å²) < 4.78 is 0. The van der Waals surface area contributed by atoms with E-state index >= 15 is 0 Å². The lowest BCUT2D eigenvalue weighted by Crippen LogP contribution is -2.23. The SMILES string of the molecule is CCCCC/C=C\C/C=C\CCCCCCCC(=O)NCCCCCCCCCCCCCCCC. The molecule has 36 heavy (non-hydrogen) atoms. The molecular formula is C34H65NO. The molecule has 0 aromatic heterocycles. The van der Waals surface area contributed by atoms with Crippen molar-refractivity contribution in [2.75, 3.05) is 6.54 Å². The third-order valence-electron chi connectivity index (χ3n) is 7.21. The van der Waals surface area contributed by atoms with Crippen LogP contribution in [-0.4, -0.2) is 12.5 Å². The molecule has 0 fully saturated rings. The van der Waals surface area contributed by atoms with E-state index in [4.69, 9.17) is 0 Å². The molecule has 2 nitrogen and oxygen atoms in total. The summed E-state index contributed by atoms with van der Waals surface area (Å²) in [5, 5.41) is 3.12. The molecule has 0 aromatic rings. The van der Waals surface area contributed by atoms with Crippen molar-refractivity contribution >= 4 is 5.91 Å². The molecule has 0 aliphatic heterocycles. The lowest BCUT2D eigenvalue weighted by Gasteiger charge is -2.06. The second kappa shape index (κ2) is 32.0. The monoisotopic (exact) mass is 504 g/mol. The summed E-state index contributed by atoms with van der Waals surface area (Å²) in [4.78, 5) is 12.0. The Hall–Kier alpha value is -1.05. The number of rotatable bonds is 29. The molecule has 0 radical (unpaired) electrons. The Kier molecular flexibility index (Phi) is 31.0. The minimum absolute atomic E-state index is 0.260. The summed E-state index contributed by atoms with van der Waals surface area (Å²) in [5.74, 6) is 0.260. The largest absolute Gasteiger partial charge is 0.356 e. The molecule has 1 amide bonds. The number of unbranched alkanes of at least 4 members (excludes halogenated alkanes) is 21. The van der Waals surface area contributed by atoms with E-state index in [1.807, 2.05) is 0 Å². The van der Waals surface area contributed by atoms with Crippen LogP contribution in [0.15, 0.2) is 24.3 Å². The van der Waals surface area contributed by atoms with Crippen molar-refractivity contribution in [1.29, 1.82) is 0 Å². The molecule has 0 atom stereocenters. The van der Waals surface area contributed by atoms with Gasteiger partial charge in [0.2, 0.25) is 5.91 Å². The van der Waals surface area contributed by atoms with Gasteiger partial charge in [-0.15, -0.1) is 0 Å². The van der Waals surface area contributed by atoms with Crippen molar-refractivity contribution in [3.63, 3.8) is 0 Å². The normalized spacial score (nSPS) is 11.7. The van der Waals surface area contributed by atoms with Gasteiger partial charge in [0.1, 0.15) is 0 Å². The predicted octanol–water partition coefficient (Wildman–Crippen LogP) is 11.4. The first-order valence-electron chi connectivity index (χ1n) is 16.4. The molecule has 2 heteroatoms. The molecule has 0 heterocycles. The fraction of sp³-hybridized carbons (Fsp3) is 0.853. The predicted molar refractivity (Wildman–Crippen MR) is 163 cm³/mol. The Labute approximate surface area is 227 Å². The van der Waals surface area contributed by atoms with Gasteiger partial charge in [0.15, 0.2) is 0 Å². The summed E-state index contributed by atoms with van der Waals surface area (Å²) >= 11 is 0. The maximum Gasteiger partial charge on any atom is 0.219 e. The first-order valence-corrected chi connectivity index (χ1v) is 16.4. The van der Waals surface area contributed by atoms with Crippen LogP contribution < -0.4 is 5.32 Å². The van der Waals surface area contributed by atoms with Crippen LogP contribution >= 0.6 is 0 Å². The van der Waals surface area contributed by atoms with Crippen molar-refractivity contribution in [3.05, 3.63) is 24.3 Å². The highest BCUT2D eigenvalue weighted by molar-refractivity contribution is 5.75. The van der Waals surface area contributed by atoms with E-state index in [9.17, 15) is 4.79 Å². The summed E-state index contributed by atoms with van der Waals surface area (Å²) in [5.41, 5.74) is 0. The number of hydrogen-bond donors (Lipinski definition) is 1. The van der Waals surface area contributed by atoms with Gasteiger partial charge in [-0.25, -0.2) is 0 Å². The topological polar surface area (TPSA) is 29.1 Å². The maximum atomic E-state index is 12.0. The Morgan fingerprint density at radius 3 is 1.39 bits per heavy atom. The van der Waals surface area contributed by atoms with E-state index in [0.29, 0.717) is 6.42 Å². The molecule has 0 spiro atoms. The van der Waals surface area contributed by atoms with Gasteiger partial charge in [-0.3, -0.25) is 4.79 Å². The maximum absolute atomic E-state index is 12.0. The number of carbonyl (C=O) groups is 1. The average molecular weight is 504 g/mol. The van der Waals surface area contributed by atoms with Crippen LogP contribution in [0.1, 0.15) is 181 Å². The molecule has 0 saturated carbocycles. The molecule has 0 bridgehead atoms. The average Bonchev–Trinajstić information content (AvgIpc) is 2.88. The molecule has 0 unspecified atom stereocenters. The number of hydrogen-bond acceptors (Lipinski definition) is 1. The zero-order valence-corrected chi connectivity index (χ0v) is 24.8. The third-order valence-corrected chi connectivity index (χ3v) is 7.21. The van der Waals surface area contributed by atoms with Crippen molar-refractivity contribution < 1.29 is 4.79 Å². The minimum atomic E-state index is 0.260. The van der Waals surface area contributed by atoms with Crippen molar-refractivity contribution in [2.24, 2.45) is 0 Å². The summed E-state index contributed by atoms with van der Waals surface area (Å²) in [6.07, 6.45) is 42.9.